The SMILES string of the molecule is CC(=O)c1cccc(C2CC(O)c3cc(S(=O)(=O)Nc4ccc(Cl)c(Cl)c4)ccc3N2)c1. The van der Waals surface area contributed by atoms with Gasteiger partial charge in [-0.25, -0.2) is 8.42 Å². The van der Waals surface area contributed by atoms with Crippen molar-refractivity contribution in [3.8, 4) is 0 Å². The summed E-state index contributed by atoms with van der Waals surface area (Å²) in [6.07, 6.45) is -0.546. The number of rotatable bonds is 5. The zero-order chi connectivity index (χ0) is 23.0. The third-order valence-electron chi connectivity index (χ3n) is 5.35. The quantitative estimate of drug-likeness (QED) is 0.405. The van der Waals surface area contributed by atoms with Crippen LogP contribution in [0.15, 0.2) is 65.6 Å². The molecule has 0 bridgehead atoms. The molecule has 0 aliphatic carbocycles. The van der Waals surface area contributed by atoms with E-state index in [4.69, 9.17) is 23.2 Å². The lowest BCUT2D eigenvalue weighted by Gasteiger charge is -2.31. The lowest BCUT2D eigenvalue weighted by molar-refractivity contribution is 0.101. The summed E-state index contributed by atoms with van der Waals surface area (Å²) in [5.74, 6) is -0.0343. The first-order valence-corrected chi connectivity index (χ1v) is 12.1. The summed E-state index contributed by atoms with van der Waals surface area (Å²) < 4.78 is 28.2. The first kappa shape index (κ1) is 22.6. The molecule has 32 heavy (non-hydrogen) atoms. The van der Waals surface area contributed by atoms with E-state index in [9.17, 15) is 18.3 Å². The lowest BCUT2D eigenvalue weighted by Crippen LogP contribution is -2.22. The molecule has 166 valence electrons. The molecule has 0 spiro atoms. The van der Waals surface area contributed by atoms with E-state index in [0.29, 0.717) is 28.3 Å². The monoisotopic (exact) mass is 490 g/mol. The van der Waals surface area contributed by atoms with Crippen LogP contribution >= 0.6 is 23.2 Å². The normalized spacial score (nSPS) is 17.9. The van der Waals surface area contributed by atoms with E-state index in [1.807, 2.05) is 6.07 Å². The number of hydrogen-bond donors (Lipinski definition) is 3. The second kappa shape index (κ2) is 8.75. The number of anilines is 2. The largest absolute Gasteiger partial charge is 0.388 e. The first-order chi connectivity index (χ1) is 15.1. The van der Waals surface area contributed by atoms with Crippen molar-refractivity contribution in [3.05, 3.63) is 87.4 Å². The minimum atomic E-state index is -3.91. The maximum absolute atomic E-state index is 12.9. The highest BCUT2D eigenvalue weighted by atomic mass is 35.5. The second-order valence-corrected chi connectivity index (χ2v) is 10.1. The third kappa shape index (κ3) is 4.61. The number of halogens is 2. The van der Waals surface area contributed by atoms with Crippen molar-refractivity contribution in [2.24, 2.45) is 0 Å². The van der Waals surface area contributed by atoms with Gasteiger partial charge in [-0.05, 0) is 55.0 Å². The number of aliphatic hydroxyl groups excluding tert-OH is 1. The van der Waals surface area contributed by atoms with Gasteiger partial charge in [0, 0.05) is 23.2 Å². The van der Waals surface area contributed by atoms with Crippen LogP contribution < -0.4 is 10.0 Å². The van der Waals surface area contributed by atoms with E-state index in [1.165, 1.54) is 37.3 Å². The van der Waals surface area contributed by atoms with Gasteiger partial charge in [-0.3, -0.25) is 9.52 Å². The molecule has 3 aromatic carbocycles. The number of sulfonamides is 1. The van der Waals surface area contributed by atoms with Crippen molar-refractivity contribution in [1.82, 2.24) is 0 Å². The molecule has 3 N–H and O–H groups in total. The van der Waals surface area contributed by atoms with Gasteiger partial charge in [-0.2, -0.15) is 0 Å². The maximum atomic E-state index is 12.9. The predicted molar refractivity (Wildman–Crippen MR) is 126 cm³/mol. The Kier molecular flexibility index (Phi) is 6.18. The van der Waals surface area contributed by atoms with Gasteiger partial charge < -0.3 is 10.4 Å². The maximum Gasteiger partial charge on any atom is 0.261 e. The Morgan fingerprint density at radius 1 is 1.06 bits per heavy atom. The Hall–Kier alpha value is -2.58. The van der Waals surface area contributed by atoms with Crippen LogP contribution in [-0.4, -0.2) is 19.3 Å². The number of benzene rings is 3. The fraction of sp³-hybridized carbons (Fsp3) is 0.174. The average molecular weight is 491 g/mol. The highest BCUT2D eigenvalue weighted by Crippen LogP contribution is 2.40. The Bertz CT molecular complexity index is 1310. The van der Waals surface area contributed by atoms with Crippen LogP contribution in [0.4, 0.5) is 11.4 Å². The van der Waals surface area contributed by atoms with Crippen molar-refractivity contribution >= 4 is 50.4 Å². The number of hydrogen-bond acceptors (Lipinski definition) is 5. The van der Waals surface area contributed by atoms with Crippen LogP contribution in [-0.2, 0) is 10.0 Å². The van der Waals surface area contributed by atoms with Crippen molar-refractivity contribution in [2.45, 2.75) is 30.4 Å². The summed E-state index contributed by atoms with van der Waals surface area (Å²) in [5, 5.41) is 14.7. The summed E-state index contributed by atoms with van der Waals surface area (Å²) in [6, 6.07) is 16.0. The van der Waals surface area contributed by atoms with Gasteiger partial charge in [0.25, 0.3) is 10.0 Å². The molecular weight excluding hydrogens is 471 g/mol. The highest BCUT2D eigenvalue weighted by Gasteiger charge is 2.28. The first-order valence-electron chi connectivity index (χ1n) is 9.81. The number of nitrogens with one attached hydrogen (secondary N) is 2. The molecule has 1 heterocycles. The zero-order valence-corrected chi connectivity index (χ0v) is 19.3. The van der Waals surface area contributed by atoms with Crippen LogP contribution in [0.5, 0.6) is 0 Å². The van der Waals surface area contributed by atoms with E-state index in [-0.39, 0.29) is 27.4 Å². The van der Waals surface area contributed by atoms with Crippen LogP contribution in [0, 0.1) is 0 Å². The van der Waals surface area contributed by atoms with E-state index in [2.05, 4.69) is 10.0 Å². The molecule has 2 unspecified atom stereocenters. The number of aliphatic hydroxyl groups is 1. The van der Waals surface area contributed by atoms with Gasteiger partial charge in [0.15, 0.2) is 5.78 Å². The number of Topliss-reactive ketones (excluding diaryl/α,β-unsaturated/α-hetero) is 1. The van der Waals surface area contributed by atoms with E-state index in [1.54, 1.807) is 24.3 Å². The minimum absolute atomic E-state index is 0.0141. The van der Waals surface area contributed by atoms with Crippen molar-refractivity contribution in [3.63, 3.8) is 0 Å². The van der Waals surface area contributed by atoms with Gasteiger partial charge in [-0.1, -0.05) is 41.4 Å². The Morgan fingerprint density at radius 2 is 1.84 bits per heavy atom. The zero-order valence-electron chi connectivity index (χ0n) is 17.0. The van der Waals surface area contributed by atoms with Gasteiger partial charge in [0.05, 0.1) is 32.8 Å². The lowest BCUT2D eigenvalue weighted by atomic mass is 9.90. The molecule has 0 radical (unpaired) electrons. The van der Waals surface area contributed by atoms with Crippen LogP contribution in [0.2, 0.25) is 10.0 Å². The van der Waals surface area contributed by atoms with E-state index in [0.717, 1.165) is 5.56 Å². The van der Waals surface area contributed by atoms with Crippen LogP contribution in [0.3, 0.4) is 0 Å². The molecule has 0 fully saturated rings. The number of carbonyl (C=O) groups is 1. The molecule has 0 aromatic heterocycles. The predicted octanol–water partition coefficient (Wildman–Crippen LogP) is 5.59. The summed E-state index contributed by atoms with van der Waals surface area (Å²) in [5.41, 5.74) is 2.87. The van der Waals surface area contributed by atoms with Crippen molar-refractivity contribution in [2.75, 3.05) is 10.0 Å². The van der Waals surface area contributed by atoms with Crippen LogP contribution in [0.25, 0.3) is 0 Å². The Labute approximate surface area is 196 Å². The Balaban J connectivity index is 1.60. The average Bonchev–Trinajstić information content (AvgIpc) is 2.76. The minimum Gasteiger partial charge on any atom is -0.388 e. The Morgan fingerprint density at radius 3 is 2.56 bits per heavy atom. The molecule has 4 rings (SSSR count). The number of fused-ring (bicyclic) bond motifs is 1. The van der Waals surface area contributed by atoms with Crippen LogP contribution in [0.1, 0.15) is 47.0 Å². The fourth-order valence-corrected chi connectivity index (χ4v) is 5.06. The van der Waals surface area contributed by atoms with E-state index < -0.39 is 16.1 Å². The summed E-state index contributed by atoms with van der Waals surface area (Å²) in [4.78, 5) is 11.7. The molecular formula is C23H20Cl2N2O4S. The van der Waals surface area contributed by atoms with E-state index >= 15 is 0 Å². The summed E-state index contributed by atoms with van der Waals surface area (Å²) >= 11 is 11.9. The molecule has 6 nitrogen and oxygen atoms in total. The summed E-state index contributed by atoms with van der Waals surface area (Å²) in [6.45, 7) is 1.51. The van der Waals surface area contributed by atoms with Crippen molar-refractivity contribution < 1.29 is 18.3 Å². The van der Waals surface area contributed by atoms with Gasteiger partial charge in [-0.15, -0.1) is 0 Å². The molecule has 1 aliphatic heterocycles. The molecule has 0 saturated heterocycles. The topological polar surface area (TPSA) is 95.5 Å². The number of ketones is 1. The third-order valence-corrected chi connectivity index (χ3v) is 7.47. The second-order valence-electron chi connectivity index (χ2n) is 7.61. The molecule has 3 aromatic rings. The van der Waals surface area contributed by atoms with Gasteiger partial charge in [0.2, 0.25) is 0 Å². The molecule has 0 amide bonds. The summed E-state index contributed by atoms with van der Waals surface area (Å²) in [7, 11) is -3.91. The van der Waals surface area contributed by atoms with Gasteiger partial charge >= 0.3 is 0 Å². The molecule has 1 aliphatic rings. The number of carbonyl (C=O) groups excluding carboxylic acids is 1. The standard InChI is InChI=1S/C23H20Cl2N2O4S/c1-13(28)14-3-2-4-15(9-14)22-12-23(29)18-11-17(6-8-21(18)26-22)32(30,31)27-16-5-7-19(24)20(25)10-16/h2-11,22-23,26-27,29H,12H2,1H3. The smallest absolute Gasteiger partial charge is 0.261 e. The highest BCUT2D eigenvalue weighted by molar-refractivity contribution is 7.92. The molecule has 0 saturated carbocycles. The molecule has 9 heteroatoms. The fourth-order valence-electron chi connectivity index (χ4n) is 3.68. The molecule has 2 atom stereocenters. The van der Waals surface area contributed by atoms with Gasteiger partial charge in [0.1, 0.15) is 0 Å². The van der Waals surface area contributed by atoms with Crippen molar-refractivity contribution in [1.29, 1.82) is 0 Å².